The fourth-order valence-corrected chi connectivity index (χ4v) is 0.673. The van der Waals surface area contributed by atoms with E-state index < -0.39 is 0 Å². The highest BCUT2D eigenvalue weighted by Gasteiger charge is 2.04. The van der Waals surface area contributed by atoms with Gasteiger partial charge in [0.1, 0.15) is 0 Å². The molecule has 0 amide bonds. The van der Waals surface area contributed by atoms with E-state index >= 15 is 0 Å². The second kappa shape index (κ2) is 4.79. The Kier molecular flexibility index (Phi) is 3.54. The van der Waals surface area contributed by atoms with Crippen molar-refractivity contribution in [3.05, 3.63) is 0 Å². The van der Waals surface area contributed by atoms with Crippen molar-refractivity contribution < 1.29 is 4.74 Å². The predicted molar refractivity (Wildman–Crippen MR) is 40.2 cm³/mol. The van der Waals surface area contributed by atoms with Crippen molar-refractivity contribution in [1.82, 2.24) is 5.43 Å². The number of nitrogens with zero attached hydrogens (tertiary/aromatic N) is 4. The van der Waals surface area contributed by atoms with Gasteiger partial charge in [0.05, 0.1) is 6.61 Å². The molecule has 0 aromatic rings. The normalized spacial score (nSPS) is 14.8. The van der Waals surface area contributed by atoms with Crippen LogP contribution in [-0.4, -0.2) is 19.0 Å². The van der Waals surface area contributed by atoms with Crippen LogP contribution in [0, 0.1) is 0 Å². The maximum absolute atomic E-state index is 5.22. The molecule has 5 heteroatoms. The van der Waals surface area contributed by atoms with Gasteiger partial charge in [-0.1, -0.05) is 6.92 Å². The van der Waals surface area contributed by atoms with Crippen LogP contribution in [0.15, 0.2) is 15.5 Å². The van der Waals surface area contributed by atoms with Gasteiger partial charge in [-0.15, -0.1) is 10.5 Å². The quantitative estimate of drug-likeness (QED) is 0.548. The summed E-state index contributed by atoms with van der Waals surface area (Å²) < 4.78 is 5.22. The van der Waals surface area contributed by atoms with Crippen LogP contribution in [0.1, 0.15) is 19.8 Å². The summed E-state index contributed by atoms with van der Waals surface area (Å²) in [5, 5.41) is 10.4. The van der Waals surface area contributed by atoms with E-state index in [1.807, 2.05) is 0 Å². The fourth-order valence-electron chi connectivity index (χ4n) is 0.673. The monoisotopic (exact) mass is 155 g/mol. The molecule has 0 saturated heterocycles. The van der Waals surface area contributed by atoms with Crippen molar-refractivity contribution in [2.24, 2.45) is 15.5 Å². The summed E-state index contributed by atoms with van der Waals surface area (Å²) in [4.78, 5) is 0. The van der Waals surface area contributed by atoms with Crippen LogP contribution in [0.2, 0.25) is 0 Å². The SMILES string of the molecule is CCCOCCC1=NN=N[N]1. The first kappa shape index (κ1) is 8.13. The Labute approximate surface area is 65.5 Å². The zero-order chi connectivity index (χ0) is 7.94. The molecular weight excluding hydrogens is 144 g/mol. The van der Waals surface area contributed by atoms with E-state index in [0.717, 1.165) is 13.0 Å². The van der Waals surface area contributed by atoms with E-state index in [4.69, 9.17) is 4.74 Å². The minimum absolute atomic E-state index is 0.654. The molecule has 5 nitrogen and oxygen atoms in total. The third kappa shape index (κ3) is 3.08. The molecule has 0 aromatic carbocycles. The molecule has 1 rings (SSSR count). The third-order valence-electron chi connectivity index (χ3n) is 1.18. The van der Waals surface area contributed by atoms with Crippen LogP contribution in [0.4, 0.5) is 0 Å². The lowest BCUT2D eigenvalue weighted by Gasteiger charge is -1.98. The van der Waals surface area contributed by atoms with Crippen molar-refractivity contribution in [3.8, 4) is 0 Å². The molecule has 0 bridgehead atoms. The molecule has 1 heterocycles. The predicted octanol–water partition coefficient (Wildman–Crippen LogP) is 1.10. The molecule has 1 aliphatic rings. The molecule has 0 aliphatic carbocycles. The van der Waals surface area contributed by atoms with Gasteiger partial charge in [0, 0.05) is 13.0 Å². The molecule has 1 aliphatic heterocycles. The lowest BCUT2D eigenvalue weighted by atomic mass is 10.4. The Bertz CT molecular complexity index is 166. The number of hydrogen-bond acceptors (Lipinski definition) is 4. The van der Waals surface area contributed by atoms with Crippen LogP contribution < -0.4 is 5.43 Å². The summed E-state index contributed by atoms with van der Waals surface area (Å²) >= 11 is 0. The lowest BCUT2D eigenvalue weighted by Crippen LogP contribution is -2.09. The molecule has 0 fully saturated rings. The minimum atomic E-state index is 0.654. The van der Waals surface area contributed by atoms with Crippen LogP contribution in [0.5, 0.6) is 0 Å². The molecule has 0 atom stereocenters. The van der Waals surface area contributed by atoms with Crippen molar-refractivity contribution in [2.45, 2.75) is 19.8 Å². The maximum Gasteiger partial charge on any atom is 0.179 e. The standard InChI is InChI=1S/C6H11N4O/c1-2-4-11-5-3-6-7-9-10-8-6/h2-5H2,1H3. The van der Waals surface area contributed by atoms with E-state index in [1.54, 1.807) is 0 Å². The van der Waals surface area contributed by atoms with Gasteiger partial charge in [-0.2, -0.15) is 0 Å². The lowest BCUT2D eigenvalue weighted by molar-refractivity contribution is 0.141. The van der Waals surface area contributed by atoms with Crippen molar-refractivity contribution in [3.63, 3.8) is 0 Å². The average molecular weight is 155 g/mol. The fraction of sp³-hybridized carbons (Fsp3) is 0.833. The summed E-state index contributed by atoms with van der Waals surface area (Å²) in [5.74, 6) is 0.654. The van der Waals surface area contributed by atoms with Gasteiger partial charge in [0.2, 0.25) is 0 Å². The Morgan fingerprint density at radius 3 is 2.82 bits per heavy atom. The Morgan fingerprint density at radius 1 is 1.27 bits per heavy atom. The van der Waals surface area contributed by atoms with Gasteiger partial charge in [0.25, 0.3) is 0 Å². The van der Waals surface area contributed by atoms with Crippen LogP contribution in [0.3, 0.4) is 0 Å². The first-order chi connectivity index (χ1) is 5.43. The molecule has 0 spiro atoms. The Balaban J connectivity index is 1.95. The summed E-state index contributed by atoms with van der Waals surface area (Å²) in [6.07, 6.45) is 1.74. The summed E-state index contributed by atoms with van der Waals surface area (Å²) in [7, 11) is 0. The van der Waals surface area contributed by atoms with Gasteiger partial charge in [-0.25, -0.2) is 0 Å². The number of ether oxygens (including phenoxy) is 1. The summed E-state index contributed by atoms with van der Waals surface area (Å²) in [6.45, 7) is 3.52. The van der Waals surface area contributed by atoms with Gasteiger partial charge < -0.3 is 4.74 Å². The summed E-state index contributed by atoms with van der Waals surface area (Å²) in [5.41, 5.74) is 3.66. The van der Waals surface area contributed by atoms with E-state index in [1.165, 1.54) is 0 Å². The summed E-state index contributed by atoms with van der Waals surface area (Å²) in [6, 6.07) is 0. The molecule has 1 radical (unpaired) electrons. The van der Waals surface area contributed by atoms with Crippen LogP contribution in [0.25, 0.3) is 0 Å². The molecular formula is C6H11N4O. The highest BCUT2D eigenvalue weighted by molar-refractivity contribution is 5.81. The van der Waals surface area contributed by atoms with E-state index in [2.05, 4.69) is 27.9 Å². The Morgan fingerprint density at radius 2 is 2.18 bits per heavy atom. The number of hydrogen-bond donors (Lipinski definition) is 0. The highest BCUT2D eigenvalue weighted by Crippen LogP contribution is 1.95. The first-order valence-electron chi connectivity index (χ1n) is 3.69. The smallest absolute Gasteiger partial charge is 0.179 e. The van der Waals surface area contributed by atoms with Gasteiger partial charge in [-0.3, -0.25) is 0 Å². The Hall–Kier alpha value is -0.970. The molecule has 0 aromatic heterocycles. The third-order valence-corrected chi connectivity index (χ3v) is 1.18. The van der Waals surface area contributed by atoms with Crippen LogP contribution >= 0.6 is 0 Å². The van der Waals surface area contributed by atoms with Crippen molar-refractivity contribution in [1.29, 1.82) is 0 Å². The van der Waals surface area contributed by atoms with Gasteiger partial charge in [-0.05, 0) is 16.9 Å². The zero-order valence-corrected chi connectivity index (χ0v) is 6.53. The molecule has 0 N–H and O–H groups in total. The molecule has 0 saturated carbocycles. The van der Waals surface area contributed by atoms with Gasteiger partial charge >= 0.3 is 0 Å². The first-order valence-corrected chi connectivity index (χ1v) is 3.69. The molecule has 11 heavy (non-hydrogen) atoms. The van der Waals surface area contributed by atoms with E-state index in [-0.39, 0.29) is 0 Å². The topological polar surface area (TPSA) is 60.4 Å². The number of amidine groups is 1. The van der Waals surface area contributed by atoms with E-state index in [9.17, 15) is 0 Å². The highest BCUT2D eigenvalue weighted by atomic mass is 16.5. The molecule has 61 valence electrons. The van der Waals surface area contributed by atoms with Crippen LogP contribution in [-0.2, 0) is 4.74 Å². The zero-order valence-electron chi connectivity index (χ0n) is 6.53. The second-order valence-electron chi connectivity index (χ2n) is 2.16. The van der Waals surface area contributed by atoms with Gasteiger partial charge in [0.15, 0.2) is 5.84 Å². The largest absolute Gasteiger partial charge is 0.381 e. The number of rotatable bonds is 5. The average Bonchev–Trinajstić information content (AvgIpc) is 2.50. The minimum Gasteiger partial charge on any atom is -0.381 e. The maximum atomic E-state index is 5.22. The second-order valence-corrected chi connectivity index (χ2v) is 2.16. The molecule has 0 unspecified atom stereocenters. The van der Waals surface area contributed by atoms with Crippen molar-refractivity contribution in [2.75, 3.05) is 13.2 Å². The van der Waals surface area contributed by atoms with Crippen molar-refractivity contribution >= 4 is 5.84 Å². The van der Waals surface area contributed by atoms with E-state index in [0.29, 0.717) is 18.9 Å².